The average molecular weight is 442 g/mol. The van der Waals surface area contributed by atoms with Gasteiger partial charge in [-0.1, -0.05) is 29.8 Å². The summed E-state index contributed by atoms with van der Waals surface area (Å²) in [6.45, 7) is 3.05. The van der Waals surface area contributed by atoms with Crippen molar-refractivity contribution < 1.29 is 27.5 Å². The molecular weight excluding hydrogens is 423 g/mol. The summed E-state index contributed by atoms with van der Waals surface area (Å²) < 4.78 is 38.7. The number of aliphatic carboxylic acids is 1. The van der Waals surface area contributed by atoms with Crippen LogP contribution >= 0.6 is 11.6 Å². The van der Waals surface area contributed by atoms with E-state index in [1.165, 1.54) is 5.56 Å². The van der Waals surface area contributed by atoms with Crippen LogP contribution in [-0.4, -0.2) is 45.0 Å². The minimum atomic E-state index is -5.08. The van der Waals surface area contributed by atoms with E-state index in [2.05, 4.69) is 10.00 Å². The molecule has 160 valence electrons. The molecule has 0 atom stereocenters. The molecule has 30 heavy (non-hydrogen) atoms. The molecule has 0 amide bonds. The Morgan fingerprint density at radius 2 is 1.90 bits per heavy atom. The summed E-state index contributed by atoms with van der Waals surface area (Å²) in [4.78, 5) is 11.3. The molecule has 0 unspecified atom stereocenters. The molecule has 1 aromatic carbocycles. The number of hydrogen-bond donors (Lipinski definition) is 1. The first-order valence-corrected chi connectivity index (χ1v) is 9.43. The zero-order valence-electron chi connectivity index (χ0n) is 15.7. The van der Waals surface area contributed by atoms with Crippen LogP contribution in [0.4, 0.5) is 13.2 Å². The Kier molecular flexibility index (Phi) is 6.84. The molecule has 4 rings (SSSR count). The highest BCUT2D eigenvalue weighted by Gasteiger charge is 2.38. The van der Waals surface area contributed by atoms with Crippen LogP contribution in [0.15, 0.2) is 59.5 Å². The number of nitrogens with zero attached hydrogens (tertiary/aromatic N) is 3. The summed E-state index contributed by atoms with van der Waals surface area (Å²) >= 11 is 6.50. The van der Waals surface area contributed by atoms with Gasteiger partial charge >= 0.3 is 12.1 Å². The van der Waals surface area contributed by atoms with Gasteiger partial charge in [0.15, 0.2) is 0 Å². The third kappa shape index (κ3) is 5.64. The zero-order valence-corrected chi connectivity index (χ0v) is 16.5. The fourth-order valence-electron chi connectivity index (χ4n) is 3.14. The van der Waals surface area contributed by atoms with Gasteiger partial charge in [0, 0.05) is 25.2 Å². The van der Waals surface area contributed by atoms with Crippen LogP contribution < -0.4 is 0 Å². The van der Waals surface area contributed by atoms with Crippen LogP contribution in [0.3, 0.4) is 0 Å². The monoisotopic (exact) mass is 441 g/mol. The second kappa shape index (κ2) is 9.36. The van der Waals surface area contributed by atoms with Crippen molar-refractivity contribution in [1.29, 1.82) is 0 Å². The largest absolute Gasteiger partial charge is 0.490 e. The summed E-state index contributed by atoms with van der Waals surface area (Å²) in [6.07, 6.45) is 1.45. The lowest BCUT2D eigenvalue weighted by Gasteiger charge is -2.39. The molecule has 0 aliphatic carbocycles. The van der Waals surface area contributed by atoms with Crippen LogP contribution in [0.2, 0.25) is 5.15 Å². The van der Waals surface area contributed by atoms with Gasteiger partial charge in [0.25, 0.3) is 0 Å². The molecule has 3 aromatic rings. The molecule has 3 heterocycles. The molecule has 1 fully saturated rings. The minimum absolute atomic E-state index is 0.703. The first-order valence-electron chi connectivity index (χ1n) is 9.05. The Morgan fingerprint density at radius 3 is 2.47 bits per heavy atom. The summed E-state index contributed by atoms with van der Waals surface area (Å²) in [5.41, 5.74) is 3.35. The van der Waals surface area contributed by atoms with Gasteiger partial charge in [-0.2, -0.15) is 18.3 Å². The van der Waals surface area contributed by atoms with E-state index in [0.29, 0.717) is 11.1 Å². The minimum Gasteiger partial charge on any atom is -0.475 e. The van der Waals surface area contributed by atoms with Crippen molar-refractivity contribution in [3.05, 3.63) is 71.4 Å². The Labute approximate surface area is 175 Å². The van der Waals surface area contributed by atoms with Crippen molar-refractivity contribution >= 4 is 17.6 Å². The van der Waals surface area contributed by atoms with E-state index in [-0.39, 0.29) is 0 Å². The van der Waals surface area contributed by atoms with Crippen molar-refractivity contribution in [2.24, 2.45) is 5.92 Å². The first kappa shape index (κ1) is 21.9. The van der Waals surface area contributed by atoms with Crippen molar-refractivity contribution in [2.45, 2.75) is 19.1 Å². The van der Waals surface area contributed by atoms with Gasteiger partial charge in [-0.05, 0) is 36.1 Å². The maximum atomic E-state index is 10.6. The molecule has 0 saturated carbocycles. The zero-order chi connectivity index (χ0) is 21.7. The van der Waals surface area contributed by atoms with Crippen LogP contribution in [0, 0.1) is 5.92 Å². The quantitative estimate of drug-likeness (QED) is 0.634. The Balaban J connectivity index is 0.000000318. The number of carboxylic acid groups (broad SMARTS) is 1. The number of likely N-dealkylation sites (tertiary alicyclic amines) is 1. The number of aromatic nitrogens is 2. The Morgan fingerprint density at radius 1 is 1.23 bits per heavy atom. The van der Waals surface area contributed by atoms with Gasteiger partial charge in [0.1, 0.15) is 5.15 Å². The lowest BCUT2D eigenvalue weighted by molar-refractivity contribution is -0.192. The van der Waals surface area contributed by atoms with E-state index in [0.717, 1.165) is 37.3 Å². The number of halogens is 4. The van der Waals surface area contributed by atoms with Crippen LogP contribution in [0.1, 0.15) is 11.1 Å². The third-order valence-corrected chi connectivity index (χ3v) is 4.96. The number of para-hydroxylation sites is 1. The van der Waals surface area contributed by atoms with Gasteiger partial charge < -0.3 is 9.52 Å². The maximum absolute atomic E-state index is 10.6. The smallest absolute Gasteiger partial charge is 0.475 e. The molecule has 0 bridgehead atoms. The molecular formula is C20H19ClF3N3O3. The van der Waals surface area contributed by atoms with Crippen molar-refractivity contribution in [3.63, 3.8) is 0 Å². The van der Waals surface area contributed by atoms with Crippen LogP contribution in [0.25, 0.3) is 5.69 Å². The number of carbonyl (C=O) groups is 1. The Bertz CT molecular complexity index is 953. The van der Waals surface area contributed by atoms with Crippen LogP contribution in [0.5, 0.6) is 0 Å². The van der Waals surface area contributed by atoms with Crippen molar-refractivity contribution in [1.82, 2.24) is 14.7 Å². The molecule has 10 heteroatoms. The molecule has 6 nitrogen and oxygen atoms in total. The van der Waals surface area contributed by atoms with Gasteiger partial charge in [-0.25, -0.2) is 9.48 Å². The normalized spacial score (nSPS) is 14.7. The fourth-order valence-corrected chi connectivity index (χ4v) is 3.39. The molecule has 1 aliphatic heterocycles. The molecule has 0 radical (unpaired) electrons. The van der Waals surface area contributed by atoms with Gasteiger partial charge in [0.2, 0.25) is 0 Å². The summed E-state index contributed by atoms with van der Waals surface area (Å²) in [5.74, 6) is -2.05. The van der Waals surface area contributed by atoms with Gasteiger partial charge in [-0.3, -0.25) is 4.90 Å². The standard InChI is InChI=1S/C18H18ClN3O.C2HF3O2/c19-18-16(9-20-22(18)17-4-2-1-3-5-17)12-21-10-15(11-21)8-14-6-7-23-13-14;3-2(4,5)1(6)7/h1-7,9,13,15H,8,10-12H2;(H,6,7). The molecule has 1 saturated heterocycles. The summed E-state index contributed by atoms with van der Waals surface area (Å²) in [6, 6.07) is 12.0. The third-order valence-electron chi connectivity index (χ3n) is 4.55. The predicted molar refractivity (Wildman–Crippen MR) is 103 cm³/mol. The van der Waals surface area contributed by atoms with E-state index in [4.69, 9.17) is 25.9 Å². The SMILES string of the molecule is Clc1c(CN2CC(Cc3ccoc3)C2)cnn1-c1ccccc1.O=C(O)C(F)(F)F. The highest BCUT2D eigenvalue weighted by Crippen LogP contribution is 2.26. The predicted octanol–water partition coefficient (Wildman–Crippen LogP) is 4.43. The first-order chi connectivity index (χ1) is 14.2. The van der Waals surface area contributed by atoms with E-state index in [9.17, 15) is 13.2 Å². The van der Waals surface area contributed by atoms with Crippen molar-refractivity contribution in [2.75, 3.05) is 13.1 Å². The summed E-state index contributed by atoms with van der Waals surface area (Å²) in [5, 5.41) is 12.3. The van der Waals surface area contributed by atoms with E-state index in [1.807, 2.05) is 48.9 Å². The number of carboxylic acids is 1. The molecule has 2 aromatic heterocycles. The van der Waals surface area contributed by atoms with E-state index < -0.39 is 12.1 Å². The number of hydrogen-bond acceptors (Lipinski definition) is 4. The number of alkyl halides is 3. The van der Waals surface area contributed by atoms with Crippen molar-refractivity contribution in [3.8, 4) is 5.69 Å². The summed E-state index contributed by atoms with van der Waals surface area (Å²) in [7, 11) is 0. The molecule has 1 aliphatic rings. The second-order valence-electron chi connectivity index (χ2n) is 6.91. The van der Waals surface area contributed by atoms with E-state index >= 15 is 0 Å². The van der Waals surface area contributed by atoms with Gasteiger partial charge in [-0.15, -0.1) is 0 Å². The lowest BCUT2D eigenvalue weighted by Crippen LogP contribution is -2.46. The molecule has 1 N–H and O–H groups in total. The number of furan rings is 1. The lowest BCUT2D eigenvalue weighted by atomic mass is 9.93. The number of rotatable bonds is 5. The topological polar surface area (TPSA) is 71.5 Å². The second-order valence-corrected chi connectivity index (χ2v) is 7.26. The molecule has 0 spiro atoms. The Hall–Kier alpha value is -2.78. The number of benzene rings is 1. The fraction of sp³-hybridized carbons (Fsp3) is 0.300. The van der Waals surface area contributed by atoms with E-state index in [1.54, 1.807) is 10.9 Å². The van der Waals surface area contributed by atoms with Gasteiger partial charge in [0.05, 0.1) is 24.4 Å². The van der Waals surface area contributed by atoms with Crippen LogP contribution in [-0.2, 0) is 17.8 Å². The highest BCUT2D eigenvalue weighted by atomic mass is 35.5. The average Bonchev–Trinajstić information content (AvgIpc) is 3.31. The highest BCUT2D eigenvalue weighted by molar-refractivity contribution is 6.30. The maximum Gasteiger partial charge on any atom is 0.490 e.